The van der Waals surface area contributed by atoms with Crippen LogP contribution in [-0.4, -0.2) is 31.0 Å². The average Bonchev–Trinajstić information content (AvgIpc) is 3.63. The Morgan fingerprint density at radius 3 is 2.59 bits per heavy atom. The third kappa shape index (κ3) is 3.14. The molecule has 7 nitrogen and oxygen atoms in total. The number of fused-ring (bicyclic) bond motifs is 2. The number of carbonyl (C=O) groups excluding carboxylic acids is 3. The lowest BCUT2D eigenvalue weighted by atomic mass is 9.95. The van der Waals surface area contributed by atoms with E-state index < -0.39 is 29.9 Å². The number of rotatable bonds is 4. The first-order valence-corrected chi connectivity index (χ1v) is 12.9. The minimum Gasteiger partial charge on any atom is -0.465 e. The van der Waals surface area contributed by atoms with E-state index in [9.17, 15) is 14.4 Å². The fourth-order valence-corrected chi connectivity index (χ4v) is 7.42. The van der Waals surface area contributed by atoms with Gasteiger partial charge in [-0.15, -0.1) is 22.7 Å². The fourth-order valence-electron chi connectivity index (χ4n) is 5.18. The van der Waals surface area contributed by atoms with Crippen molar-refractivity contribution in [3.63, 3.8) is 0 Å². The Kier molecular flexibility index (Phi) is 5.28. The molecule has 3 atom stereocenters. The molecule has 9 heteroatoms. The number of hydrogen-bond donors (Lipinski definition) is 0. The number of carbonyl (C=O) groups is 3. The van der Waals surface area contributed by atoms with Gasteiger partial charge in [0, 0.05) is 9.75 Å². The maximum absolute atomic E-state index is 13.9. The van der Waals surface area contributed by atoms with Crippen molar-refractivity contribution >= 4 is 51.1 Å². The SMILES string of the molecule is COC(=O)c1c(N2C(=O)[C@H]3[C@@H](ON(c4ccccc4)[C@H]3c3cccs3)C2=O)sc2c1CCCC2. The molecule has 174 valence electrons. The van der Waals surface area contributed by atoms with Gasteiger partial charge in [0.1, 0.15) is 17.0 Å². The van der Waals surface area contributed by atoms with Gasteiger partial charge >= 0.3 is 5.97 Å². The third-order valence-corrected chi connectivity index (χ3v) is 8.93. The van der Waals surface area contributed by atoms with Crippen LogP contribution in [0.2, 0.25) is 0 Å². The number of para-hydroxylation sites is 1. The molecule has 0 saturated carbocycles. The quantitative estimate of drug-likeness (QED) is 0.392. The third-order valence-electron chi connectivity index (χ3n) is 6.71. The Morgan fingerprint density at radius 1 is 1.06 bits per heavy atom. The van der Waals surface area contributed by atoms with E-state index in [1.165, 1.54) is 34.7 Å². The van der Waals surface area contributed by atoms with Gasteiger partial charge in [0.25, 0.3) is 5.91 Å². The van der Waals surface area contributed by atoms with Crippen LogP contribution in [0.3, 0.4) is 0 Å². The Bertz CT molecular complexity index is 1270. The number of benzene rings is 1. The number of aryl methyl sites for hydroxylation is 1. The van der Waals surface area contributed by atoms with Crippen LogP contribution in [0, 0.1) is 5.92 Å². The van der Waals surface area contributed by atoms with E-state index in [4.69, 9.17) is 9.57 Å². The van der Waals surface area contributed by atoms with E-state index in [-0.39, 0.29) is 5.91 Å². The van der Waals surface area contributed by atoms with Crippen molar-refractivity contribution < 1.29 is 24.0 Å². The van der Waals surface area contributed by atoms with E-state index in [2.05, 4.69) is 0 Å². The summed E-state index contributed by atoms with van der Waals surface area (Å²) in [5.74, 6) is -1.99. The van der Waals surface area contributed by atoms with E-state index in [1.807, 2.05) is 47.8 Å². The number of esters is 1. The molecule has 1 aliphatic carbocycles. The lowest BCUT2D eigenvalue weighted by Gasteiger charge is -2.27. The van der Waals surface area contributed by atoms with Gasteiger partial charge in [0.05, 0.1) is 18.4 Å². The van der Waals surface area contributed by atoms with Crippen LogP contribution < -0.4 is 9.96 Å². The highest BCUT2D eigenvalue weighted by atomic mass is 32.1. The van der Waals surface area contributed by atoms with Gasteiger partial charge in [0.2, 0.25) is 5.91 Å². The second-order valence-corrected chi connectivity index (χ2v) is 10.6. The van der Waals surface area contributed by atoms with Gasteiger partial charge in [-0.2, -0.15) is 0 Å². The lowest BCUT2D eigenvalue weighted by molar-refractivity contribution is -0.126. The summed E-state index contributed by atoms with van der Waals surface area (Å²) in [5.41, 5.74) is 2.05. The zero-order valence-corrected chi connectivity index (χ0v) is 20.1. The fraction of sp³-hybridized carbons (Fsp3) is 0.320. The minimum absolute atomic E-state index is 0.337. The van der Waals surface area contributed by atoms with Crippen LogP contribution in [0.25, 0.3) is 0 Å². The largest absolute Gasteiger partial charge is 0.465 e. The molecule has 3 aromatic rings. The summed E-state index contributed by atoms with van der Waals surface area (Å²) >= 11 is 2.89. The predicted molar refractivity (Wildman–Crippen MR) is 129 cm³/mol. The number of imide groups is 1. The number of thiophene rings is 2. The molecule has 6 rings (SSSR count). The molecular formula is C25H22N2O5S2. The van der Waals surface area contributed by atoms with Crippen molar-refractivity contribution in [2.75, 3.05) is 17.1 Å². The molecule has 34 heavy (non-hydrogen) atoms. The number of amides is 2. The lowest BCUT2D eigenvalue weighted by Crippen LogP contribution is -2.37. The first kappa shape index (κ1) is 21.5. The van der Waals surface area contributed by atoms with Crippen molar-refractivity contribution in [3.8, 4) is 0 Å². The molecule has 2 fully saturated rings. The van der Waals surface area contributed by atoms with Crippen LogP contribution in [0.15, 0.2) is 47.8 Å². The maximum atomic E-state index is 13.9. The van der Waals surface area contributed by atoms with Crippen LogP contribution in [0.1, 0.15) is 44.6 Å². The second kappa shape index (κ2) is 8.33. The highest BCUT2D eigenvalue weighted by Gasteiger charge is 2.61. The topological polar surface area (TPSA) is 76.2 Å². The van der Waals surface area contributed by atoms with Crippen molar-refractivity contribution in [2.24, 2.45) is 5.92 Å². The molecule has 0 N–H and O–H groups in total. The Morgan fingerprint density at radius 2 is 1.85 bits per heavy atom. The summed E-state index contributed by atoms with van der Waals surface area (Å²) < 4.78 is 5.06. The molecule has 2 saturated heterocycles. The molecular weight excluding hydrogens is 472 g/mol. The highest BCUT2D eigenvalue weighted by molar-refractivity contribution is 7.17. The maximum Gasteiger partial charge on any atom is 0.341 e. The summed E-state index contributed by atoms with van der Waals surface area (Å²) in [4.78, 5) is 49.7. The average molecular weight is 495 g/mol. The van der Waals surface area contributed by atoms with Gasteiger partial charge in [-0.05, 0) is 54.8 Å². The molecule has 1 aromatic carbocycles. The molecule has 4 heterocycles. The standard InChI is InChI=1S/C25H22N2O5S2/c1-31-25(30)18-15-10-5-6-11-16(15)34-24(18)26-22(28)19-20(17-12-7-13-33-17)27(32-21(19)23(26)29)14-8-3-2-4-9-14/h2-4,7-9,12-13,19-21H,5-6,10-11H2,1H3/t19-,20+,21-/m1/s1. The van der Waals surface area contributed by atoms with Gasteiger partial charge in [-0.3, -0.25) is 14.4 Å². The first-order chi connectivity index (χ1) is 16.6. The van der Waals surface area contributed by atoms with Gasteiger partial charge < -0.3 is 4.74 Å². The van der Waals surface area contributed by atoms with Crippen molar-refractivity contribution in [1.29, 1.82) is 0 Å². The van der Waals surface area contributed by atoms with Crippen molar-refractivity contribution in [3.05, 3.63) is 68.7 Å². The van der Waals surface area contributed by atoms with Gasteiger partial charge in [0.15, 0.2) is 6.10 Å². The second-order valence-electron chi connectivity index (χ2n) is 8.57. The summed E-state index contributed by atoms with van der Waals surface area (Å²) in [6.07, 6.45) is 2.62. The minimum atomic E-state index is -0.954. The zero-order valence-electron chi connectivity index (χ0n) is 18.4. The molecule has 0 bridgehead atoms. The molecule has 0 unspecified atom stereocenters. The predicted octanol–water partition coefficient (Wildman–Crippen LogP) is 4.53. The van der Waals surface area contributed by atoms with Crippen LogP contribution >= 0.6 is 22.7 Å². The van der Waals surface area contributed by atoms with Crippen LogP contribution in [0.4, 0.5) is 10.7 Å². The summed E-state index contributed by atoms with van der Waals surface area (Å²) in [6, 6.07) is 12.9. The highest BCUT2D eigenvalue weighted by Crippen LogP contribution is 2.51. The van der Waals surface area contributed by atoms with E-state index in [0.29, 0.717) is 10.6 Å². The number of hydroxylamine groups is 1. The summed E-state index contributed by atoms with van der Waals surface area (Å²) in [6.45, 7) is 0. The number of ether oxygens (including phenoxy) is 1. The monoisotopic (exact) mass is 494 g/mol. The molecule has 2 aromatic heterocycles. The van der Waals surface area contributed by atoms with Crippen molar-refractivity contribution in [1.82, 2.24) is 0 Å². The Balaban J connectivity index is 1.44. The molecule has 3 aliphatic rings. The smallest absolute Gasteiger partial charge is 0.341 e. The molecule has 0 spiro atoms. The van der Waals surface area contributed by atoms with Crippen LogP contribution in [-0.2, 0) is 32.0 Å². The summed E-state index contributed by atoms with van der Waals surface area (Å²) in [7, 11) is 1.33. The number of anilines is 2. The first-order valence-electron chi connectivity index (χ1n) is 11.2. The Labute approximate surface area is 204 Å². The van der Waals surface area contributed by atoms with E-state index in [0.717, 1.165) is 46.7 Å². The number of hydrogen-bond acceptors (Lipinski definition) is 8. The molecule has 2 aliphatic heterocycles. The number of nitrogens with zero attached hydrogens (tertiary/aromatic N) is 2. The summed E-state index contributed by atoms with van der Waals surface area (Å²) in [5, 5.41) is 4.02. The van der Waals surface area contributed by atoms with E-state index in [1.54, 1.807) is 5.06 Å². The van der Waals surface area contributed by atoms with Crippen molar-refractivity contribution in [2.45, 2.75) is 37.8 Å². The Hall–Kier alpha value is -3.01. The van der Waals surface area contributed by atoms with Gasteiger partial charge in [-0.25, -0.2) is 14.8 Å². The van der Waals surface area contributed by atoms with Gasteiger partial charge in [-0.1, -0.05) is 24.3 Å². The zero-order chi connectivity index (χ0) is 23.4. The normalized spacial score (nSPS) is 23.9. The molecule has 0 radical (unpaired) electrons. The van der Waals surface area contributed by atoms with Crippen LogP contribution in [0.5, 0.6) is 0 Å². The number of methoxy groups -OCH3 is 1. The van der Waals surface area contributed by atoms with E-state index >= 15 is 0 Å². The molecule has 2 amide bonds.